The molecule has 1 aliphatic carbocycles. The molecule has 1 aromatic rings. The van der Waals surface area contributed by atoms with E-state index in [0.717, 1.165) is 6.42 Å². The number of aliphatic carboxylic acids is 1. The van der Waals surface area contributed by atoms with Crippen molar-refractivity contribution in [2.45, 2.75) is 45.1 Å². The van der Waals surface area contributed by atoms with Crippen LogP contribution in [0.3, 0.4) is 0 Å². The number of hydrogen-bond acceptors (Lipinski definition) is 2. The molecule has 0 heterocycles. The third kappa shape index (κ3) is 3.99. The second-order valence-electron chi connectivity index (χ2n) is 6.51. The van der Waals surface area contributed by atoms with Gasteiger partial charge < -0.3 is 10.4 Å². The average Bonchev–Trinajstić information content (AvgIpc) is 2.47. The Kier molecular flexibility index (Phi) is 5.58. The highest BCUT2D eigenvalue weighted by molar-refractivity contribution is 6.36. The van der Waals surface area contributed by atoms with Crippen LogP contribution in [0.15, 0.2) is 18.2 Å². The smallest absolute Gasteiger partial charge is 0.329 e. The zero-order chi connectivity index (χ0) is 17.2. The molecule has 2 N–H and O–H groups in total. The minimum atomic E-state index is -1.20. The molecule has 23 heavy (non-hydrogen) atoms. The molecule has 0 spiro atoms. The van der Waals surface area contributed by atoms with Gasteiger partial charge in [-0.15, -0.1) is 0 Å². The summed E-state index contributed by atoms with van der Waals surface area (Å²) in [6, 6.07) is 5.02. The van der Waals surface area contributed by atoms with E-state index in [2.05, 4.69) is 12.2 Å². The largest absolute Gasteiger partial charge is 0.480 e. The Morgan fingerprint density at radius 3 is 2.39 bits per heavy atom. The zero-order valence-corrected chi connectivity index (χ0v) is 14.7. The second-order valence-corrected chi connectivity index (χ2v) is 7.32. The molecule has 0 bridgehead atoms. The van der Waals surface area contributed by atoms with E-state index < -0.39 is 11.5 Å². The van der Waals surface area contributed by atoms with E-state index in [-0.39, 0.29) is 18.2 Å². The molecule has 0 saturated heterocycles. The lowest BCUT2D eigenvalue weighted by atomic mass is 9.71. The Hall–Kier alpha value is -1.26. The first-order valence-electron chi connectivity index (χ1n) is 7.72. The number of nitrogens with one attached hydrogen (secondary N) is 1. The third-order valence-electron chi connectivity index (χ3n) is 4.86. The maximum Gasteiger partial charge on any atom is 0.329 e. The van der Waals surface area contributed by atoms with E-state index in [0.29, 0.717) is 34.4 Å². The molecule has 1 amide bonds. The summed E-state index contributed by atoms with van der Waals surface area (Å²) < 4.78 is 0. The molecule has 1 aliphatic rings. The number of carbonyl (C=O) groups excluding carboxylic acids is 1. The van der Waals surface area contributed by atoms with Gasteiger partial charge in [0.2, 0.25) is 5.91 Å². The van der Waals surface area contributed by atoms with Crippen molar-refractivity contribution in [3.05, 3.63) is 33.8 Å². The van der Waals surface area contributed by atoms with Gasteiger partial charge in [0.1, 0.15) is 5.54 Å². The molecular weight excluding hydrogens is 337 g/mol. The molecule has 1 saturated carbocycles. The van der Waals surface area contributed by atoms with Crippen molar-refractivity contribution in [1.29, 1.82) is 0 Å². The van der Waals surface area contributed by atoms with Crippen molar-refractivity contribution in [1.82, 2.24) is 5.32 Å². The monoisotopic (exact) mass is 357 g/mol. The zero-order valence-electron chi connectivity index (χ0n) is 13.2. The second kappa shape index (κ2) is 7.10. The van der Waals surface area contributed by atoms with Crippen LogP contribution in [-0.2, 0) is 16.0 Å². The molecule has 126 valence electrons. The molecule has 3 atom stereocenters. The van der Waals surface area contributed by atoms with Gasteiger partial charge in [-0.25, -0.2) is 4.79 Å². The van der Waals surface area contributed by atoms with Crippen molar-refractivity contribution in [3.8, 4) is 0 Å². The van der Waals surface area contributed by atoms with Gasteiger partial charge >= 0.3 is 5.97 Å². The highest BCUT2D eigenvalue weighted by Crippen LogP contribution is 2.36. The standard InChI is InChI=1S/C17H21Cl2NO3/c1-10-6-7-17(16(22)23,9-11(10)2)20-15(21)8-12-13(18)4-3-5-14(12)19/h3-5,10-11H,6-9H2,1-2H3,(H,20,21)(H,22,23). The summed E-state index contributed by atoms with van der Waals surface area (Å²) in [4.78, 5) is 24.2. The van der Waals surface area contributed by atoms with Crippen LogP contribution in [0.5, 0.6) is 0 Å². The number of carboxylic acids is 1. The van der Waals surface area contributed by atoms with E-state index >= 15 is 0 Å². The first-order chi connectivity index (χ1) is 10.7. The lowest BCUT2D eigenvalue weighted by molar-refractivity contribution is -0.150. The Labute approximate surface area is 146 Å². The molecular formula is C17H21Cl2NO3. The van der Waals surface area contributed by atoms with Gasteiger partial charge in [-0.3, -0.25) is 4.79 Å². The van der Waals surface area contributed by atoms with Crippen molar-refractivity contribution in [2.75, 3.05) is 0 Å². The SMILES string of the molecule is CC1CCC(NC(=O)Cc2c(Cl)cccc2Cl)(C(=O)O)CC1C. The molecule has 1 aromatic carbocycles. The van der Waals surface area contributed by atoms with Crippen LogP contribution in [0, 0.1) is 11.8 Å². The van der Waals surface area contributed by atoms with Crippen LogP contribution in [0.25, 0.3) is 0 Å². The first-order valence-corrected chi connectivity index (χ1v) is 8.48. The fourth-order valence-electron chi connectivity index (χ4n) is 3.15. The maximum atomic E-state index is 12.4. The van der Waals surface area contributed by atoms with Crippen molar-refractivity contribution < 1.29 is 14.7 Å². The number of halogens is 2. The van der Waals surface area contributed by atoms with Crippen LogP contribution in [0.1, 0.15) is 38.7 Å². The van der Waals surface area contributed by atoms with Crippen molar-refractivity contribution in [3.63, 3.8) is 0 Å². The fourth-order valence-corrected chi connectivity index (χ4v) is 3.68. The molecule has 0 aliphatic heterocycles. The van der Waals surface area contributed by atoms with Gasteiger partial charge in [0.05, 0.1) is 6.42 Å². The number of carbonyl (C=O) groups is 2. The van der Waals surface area contributed by atoms with E-state index in [9.17, 15) is 14.7 Å². The predicted molar refractivity (Wildman–Crippen MR) is 90.9 cm³/mol. The summed E-state index contributed by atoms with van der Waals surface area (Å²) in [5.74, 6) is -0.652. The van der Waals surface area contributed by atoms with E-state index in [4.69, 9.17) is 23.2 Å². The van der Waals surface area contributed by atoms with E-state index in [1.54, 1.807) is 18.2 Å². The normalized spacial score (nSPS) is 27.5. The fraction of sp³-hybridized carbons (Fsp3) is 0.529. The molecule has 0 aromatic heterocycles. The van der Waals surface area contributed by atoms with Crippen LogP contribution in [-0.4, -0.2) is 22.5 Å². The predicted octanol–water partition coefficient (Wildman–Crippen LogP) is 3.93. The number of amides is 1. The van der Waals surface area contributed by atoms with Crippen molar-refractivity contribution >= 4 is 35.1 Å². The summed E-state index contributed by atoms with van der Waals surface area (Å²) >= 11 is 12.2. The van der Waals surface area contributed by atoms with Gasteiger partial charge in [-0.1, -0.05) is 43.1 Å². The first kappa shape index (κ1) is 18.1. The number of carboxylic acid groups (broad SMARTS) is 1. The highest BCUT2D eigenvalue weighted by Gasteiger charge is 2.45. The minimum Gasteiger partial charge on any atom is -0.480 e. The van der Waals surface area contributed by atoms with Gasteiger partial charge in [-0.05, 0) is 48.8 Å². The lowest BCUT2D eigenvalue weighted by Gasteiger charge is -2.40. The van der Waals surface area contributed by atoms with Crippen molar-refractivity contribution in [2.24, 2.45) is 11.8 Å². The number of hydrogen-bond donors (Lipinski definition) is 2. The van der Waals surface area contributed by atoms with Crippen LogP contribution < -0.4 is 5.32 Å². The minimum absolute atomic E-state index is 0.0303. The maximum absolute atomic E-state index is 12.4. The van der Waals surface area contributed by atoms with Gasteiger partial charge in [0.15, 0.2) is 0 Å². The molecule has 2 rings (SSSR count). The molecule has 6 heteroatoms. The van der Waals surface area contributed by atoms with E-state index in [1.165, 1.54) is 0 Å². The topological polar surface area (TPSA) is 66.4 Å². The number of benzene rings is 1. The van der Waals surface area contributed by atoms with Gasteiger partial charge in [0, 0.05) is 10.0 Å². The third-order valence-corrected chi connectivity index (χ3v) is 5.56. The summed E-state index contributed by atoms with van der Waals surface area (Å²) in [7, 11) is 0. The van der Waals surface area contributed by atoms with Gasteiger partial charge in [-0.2, -0.15) is 0 Å². The highest BCUT2D eigenvalue weighted by atomic mass is 35.5. The lowest BCUT2D eigenvalue weighted by Crippen LogP contribution is -2.58. The molecule has 1 fully saturated rings. The van der Waals surface area contributed by atoms with Crippen LogP contribution >= 0.6 is 23.2 Å². The summed E-state index contributed by atoms with van der Waals surface area (Å²) in [6.45, 7) is 4.14. The summed E-state index contributed by atoms with van der Waals surface area (Å²) in [5, 5.41) is 13.2. The Morgan fingerprint density at radius 1 is 1.26 bits per heavy atom. The van der Waals surface area contributed by atoms with Crippen LogP contribution in [0.2, 0.25) is 10.0 Å². The quantitative estimate of drug-likeness (QED) is 0.857. The Bertz CT molecular complexity index is 600. The average molecular weight is 358 g/mol. The van der Waals surface area contributed by atoms with Gasteiger partial charge in [0.25, 0.3) is 0 Å². The van der Waals surface area contributed by atoms with Crippen LogP contribution in [0.4, 0.5) is 0 Å². The number of rotatable bonds is 4. The summed E-state index contributed by atoms with van der Waals surface area (Å²) in [6.07, 6.45) is 1.62. The molecule has 3 unspecified atom stereocenters. The Morgan fingerprint density at radius 2 is 1.87 bits per heavy atom. The molecule has 0 radical (unpaired) electrons. The van der Waals surface area contributed by atoms with E-state index in [1.807, 2.05) is 6.92 Å². The molecule has 4 nitrogen and oxygen atoms in total. The summed E-state index contributed by atoms with van der Waals surface area (Å²) in [5.41, 5.74) is -0.678. The Balaban J connectivity index is 2.15.